The smallest absolute Gasteiger partial charge is 0.327 e. The molecule has 0 aromatic heterocycles. The molecular formula is C26H37NO5S2. The molecule has 1 aliphatic rings. The first-order chi connectivity index (χ1) is 16.2. The van der Waals surface area contributed by atoms with Crippen molar-refractivity contribution in [2.75, 3.05) is 7.11 Å². The van der Waals surface area contributed by atoms with Gasteiger partial charge < -0.3 is 14.6 Å². The van der Waals surface area contributed by atoms with Gasteiger partial charge >= 0.3 is 5.97 Å². The molecule has 6 nitrogen and oxygen atoms in total. The number of methoxy groups -OCH3 is 1. The minimum atomic E-state index is -1.05. The lowest BCUT2D eigenvalue weighted by atomic mass is 9.98. The Labute approximate surface area is 213 Å². The molecule has 0 aliphatic carbocycles. The highest BCUT2D eigenvalue weighted by molar-refractivity contribution is 8.26. The SMILES string of the molecule is CCCCCCC[C@H](C)Oc1ccc(/C=C2/SC(=S)N([C@H](C(=O)O)[C@@H](C)CC)C2=O)cc1OC. The van der Waals surface area contributed by atoms with E-state index in [0.717, 1.165) is 30.2 Å². The van der Waals surface area contributed by atoms with E-state index in [1.54, 1.807) is 13.2 Å². The summed E-state index contributed by atoms with van der Waals surface area (Å²) in [6, 6.07) is 4.55. The van der Waals surface area contributed by atoms with E-state index in [0.29, 0.717) is 22.8 Å². The van der Waals surface area contributed by atoms with Crippen molar-refractivity contribution in [3.63, 3.8) is 0 Å². The number of thioether (sulfide) groups is 1. The maximum Gasteiger partial charge on any atom is 0.327 e. The second kappa shape index (κ2) is 13.7. The number of benzene rings is 1. The fraction of sp³-hybridized carbons (Fsp3) is 0.577. The molecular weight excluding hydrogens is 470 g/mol. The fourth-order valence-electron chi connectivity index (χ4n) is 3.88. The van der Waals surface area contributed by atoms with Gasteiger partial charge in [0.2, 0.25) is 0 Å². The average Bonchev–Trinajstić information content (AvgIpc) is 3.07. The maximum absolute atomic E-state index is 13.0. The van der Waals surface area contributed by atoms with Gasteiger partial charge in [0.05, 0.1) is 18.1 Å². The van der Waals surface area contributed by atoms with Crippen LogP contribution in [0.1, 0.15) is 78.2 Å². The van der Waals surface area contributed by atoms with Crippen molar-refractivity contribution in [3.8, 4) is 11.5 Å². The Bertz CT molecular complexity index is 901. The highest BCUT2D eigenvalue weighted by Gasteiger charge is 2.42. The molecule has 0 radical (unpaired) electrons. The molecule has 1 fully saturated rings. The van der Waals surface area contributed by atoms with Gasteiger partial charge in [-0.3, -0.25) is 9.69 Å². The molecule has 0 bridgehead atoms. The van der Waals surface area contributed by atoms with Gasteiger partial charge in [-0.05, 0) is 49.5 Å². The van der Waals surface area contributed by atoms with E-state index < -0.39 is 12.0 Å². The van der Waals surface area contributed by atoms with Crippen LogP contribution in [0, 0.1) is 5.92 Å². The molecule has 1 aromatic carbocycles. The first-order valence-corrected chi connectivity index (χ1v) is 13.3. The van der Waals surface area contributed by atoms with E-state index >= 15 is 0 Å². The maximum atomic E-state index is 13.0. The number of hydrogen-bond acceptors (Lipinski definition) is 6. The van der Waals surface area contributed by atoms with Crippen molar-refractivity contribution in [1.29, 1.82) is 0 Å². The monoisotopic (exact) mass is 507 g/mol. The van der Waals surface area contributed by atoms with Gasteiger partial charge in [0.1, 0.15) is 10.4 Å². The largest absolute Gasteiger partial charge is 0.493 e. The van der Waals surface area contributed by atoms with E-state index in [2.05, 4.69) is 13.8 Å². The summed E-state index contributed by atoms with van der Waals surface area (Å²) in [6.07, 6.45) is 9.53. The van der Waals surface area contributed by atoms with Gasteiger partial charge in [0, 0.05) is 0 Å². The summed E-state index contributed by atoms with van der Waals surface area (Å²) in [4.78, 5) is 26.5. The van der Waals surface area contributed by atoms with Crippen LogP contribution in [0.5, 0.6) is 11.5 Å². The minimum absolute atomic E-state index is 0.0751. The van der Waals surface area contributed by atoms with Gasteiger partial charge in [-0.15, -0.1) is 0 Å². The Morgan fingerprint density at radius 3 is 2.50 bits per heavy atom. The van der Waals surface area contributed by atoms with Crippen LogP contribution in [0.3, 0.4) is 0 Å². The van der Waals surface area contributed by atoms with Crippen LogP contribution in [0.25, 0.3) is 6.08 Å². The number of thiocarbonyl (C=S) groups is 1. The number of unbranched alkanes of at least 4 members (excludes halogenated alkanes) is 4. The lowest BCUT2D eigenvalue weighted by Gasteiger charge is -2.27. The molecule has 3 atom stereocenters. The summed E-state index contributed by atoms with van der Waals surface area (Å²) in [6.45, 7) is 7.99. The van der Waals surface area contributed by atoms with Crippen LogP contribution in [0.4, 0.5) is 0 Å². The lowest BCUT2D eigenvalue weighted by molar-refractivity contribution is -0.147. The van der Waals surface area contributed by atoms with Crippen molar-refractivity contribution in [3.05, 3.63) is 28.7 Å². The first-order valence-electron chi connectivity index (χ1n) is 12.1. The predicted octanol–water partition coefficient (Wildman–Crippen LogP) is 6.52. The average molecular weight is 508 g/mol. The number of rotatable bonds is 14. The zero-order valence-corrected chi connectivity index (χ0v) is 22.5. The normalized spacial score (nSPS) is 17.7. The molecule has 188 valence electrons. The highest BCUT2D eigenvalue weighted by Crippen LogP contribution is 2.37. The molecule has 34 heavy (non-hydrogen) atoms. The van der Waals surface area contributed by atoms with Crippen molar-refractivity contribution >= 4 is 46.3 Å². The fourth-order valence-corrected chi connectivity index (χ4v) is 5.21. The summed E-state index contributed by atoms with van der Waals surface area (Å²) in [7, 11) is 1.59. The molecule has 2 rings (SSSR count). The Hall–Kier alpha value is -2.06. The van der Waals surface area contributed by atoms with Crippen LogP contribution >= 0.6 is 24.0 Å². The molecule has 1 aliphatic heterocycles. The number of aliphatic carboxylic acids is 1. The van der Waals surface area contributed by atoms with Crippen LogP contribution in [0.15, 0.2) is 23.1 Å². The quantitative estimate of drug-likeness (QED) is 0.174. The summed E-state index contributed by atoms with van der Waals surface area (Å²) in [5.41, 5.74) is 0.757. The van der Waals surface area contributed by atoms with Gasteiger partial charge in [0.15, 0.2) is 11.5 Å². The Kier molecular flexibility index (Phi) is 11.4. The van der Waals surface area contributed by atoms with Crippen molar-refractivity contribution in [2.45, 2.75) is 84.8 Å². The van der Waals surface area contributed by atoms with E-state index in [1.165, 1.54) is 30.6 Å². The third-order valence-corrected chi connectivity index (χ3v) is 7.40. The Morgan fingerprint density at radius 2 is 1.88 bits per heavy atom. The van der Waals surface area contributed by atoms with Crippen molar-refractivity contribution in [2.24, 2.45) is 5.92 Å². The van der Waals surface area contributed by atoms with Gasteiger partial charge in [-0.25, -0.2) is 4.79 Å². The third-order valence-electron chi connectivity index (χ3n) is 6.07. The zero-order chi connectivity index (χ0) is 25.3. The van der Waals surface area contributed by atoms with Gasteiger partial charge in [-0.2, -0.15) is 0 Å². The van der Waals surface area contributed by atoms with Crippen molar-refractivity contribution < 1.29 is 24.2 Å². The Morgan fingerprint density at radius 1 is 1.18 bits per heavy atom. The third kappa shape index (κ3) is 7.47. The topological polar surface area (TPSA) is 76.1 Å². The van der Waals surface area contributed by atoms with Crippen LogP contribution in [-0.2, 0) is 9.59 Å². The zero-order valence-electron chi connectivity index (χ0n) is 20.8. The number of carboxylic acids is 1. The number of nitrogens with zero attached hydrogens (tertiary/aromatic N) is 1. The number of carbonyl (C=O) groups is 2. The number of carbonyl (C=O) groups excluding carboxylic acids is 1. The minimum Gasteiger partial charge on any atom is -0.493 e. The molecule has 0 spiro atoms. The van der Waals surface area contributed by atoms with Crippen LogP contribution < -0.4 is 9.47 Å². The molecule has 1 heterocycles. The highest BCUT2D eigenvalue weighted by atomic mass is 32.2. The van der Waals surface area contributed by atoms with Gasteiger partial charge in [-0.1, -0.05) is 82.9 Å². The van der Waals surface area contributed by atoms with E-state index in [1.807, 2.05) is 32.0 Å². The standard InChI is InChI=1S/C26H37NO5S2/c1-6-8-9-10-11-12-18(4)32-20-14-13-19(15-21(20)31-5)16-22-24(28)27(26(33)34-22)23(25(29)30)17(3)7-2/h13-18,23H,6-12H2,1-5H3,(H,29,30)/b22-16+/t17-,18-,23-/m0/s1. The molecule has 8 heteroatoms. The predicted molar refractivity (Wildman–Crippen MR) is 142 cm³/mol. The lowest BCUT2D eigenvalue weighted by Crippen LogP contribution is -2.47. The number of carboxylic acid groups (broad SMARTS) is 1. The molecule has 1 N–H and O–H groups in total. The van der Waals surface area contributed by atoms with E-state index in [-0.39, 0.29) is 22.2 Å². The second-order valence-corrected chi connectivity index (χ2v) is 10.4. The first kappa shape index (κ1) is 28.2. The number of ether oxygens (including phenoxy) is 2. The molecule has 1 aromatic rings. The summed E-state index contributed by atoms with van der Waals surface area (Å²) in [5, 5.41) is 9.70. The summed E-state index contributed by atoms with van der Waals surface area (Å²) in [5.74, 6) is -0.390. The van der Waals surface area contributed by atoms with Crippen LogP contribution in [0.2, 0.25) is 0 Å². The number of hydrogen-bond donors (Lipinski definition) is 1. The van der Waals surface area contributed by atoms with E-state index in [4.69, 9.17) is 21.7 Å². The number of amides is 1. The Balaban J connectivity index is 2.13. The molecule has 1 amide bonds. The summed E-state index contributed by atoms with van der Waals surface area (Å²) >= 11 is 6.49. The second-order valence-electron chi connectivity index (χ2n) is 8.76. The van der Waals surface area contributed by atoms with Gasteiger partial charge in [0.25, 0.3) is 5.91 Å². The molecule has 1 saturated heterocycles. The molecule has 0 unspecified atom stereocenters. The van der Waals surface area contributed by atoms with Crippen LogP contribution in [-0.4, -0.2) is 45.5 Å². The van der Waals surface area contributed by atoms with Crippen molar-refractivity contribution in [1.82, 2.24) is 4.90 Å². The molecule has 0 saturated carbocycles. The summed E-state index contributed by atoms with van der Waals surface area (Å²) < 4.78 is 11.9. The van der Waals surface area contributed by atoms with E-state index in [9.17, 15) is 14.7 Å².